The van der Waals surface area contributed by atoms with Crippen LogP contribution in [0.15, 0.2) is 36.4 Å². The molecule has 0 aliphatic carbocycles. The monoisotopic (exact) mass is 380 g/mol. The molecule has 0 fully saturated rings. The first-order valence-corrected chi connectivity index (χ1v) is 10.3. The van der Waals surface area contributed by atoms with Crippen molar-refractivity contribution in [1.82, 2.24) is 0 Å². The standard InChI is InChI=1S/C26H36O2/c1-10-20(19-13-11-17(2)12-14-19)24(27)28-23-21(25(4,5)6)15-18(3)16-22(23)26(7,8)9/h11-16,20H,10H2,1-9H3/t20-/m0/s1. The summed E-state index contributed by atoms with van der Waals surface area (Å²) in [6.07, 6.45) is 0.712. The van der Waals surface area contributed by atoms with Gasteiger partial charge in [-0.15, -0.1) is 0 Å². The Hall–Kier alpha value is -2.09. The predicted molar refractivity (Wildman–Crippen MR) is 118 cm³/mol. The zero-order chi connectivity index (χ0) is 21.3. The fourth-order valence-corrected chi connectivity index (χ4v) is 3.51. The van der Waals surface area contributed by atoms with E-state index < -0.39 is 0 Å². The lowest BCUT2D eigenvalue weighted by Crippen LogP contribution is -2.25. The Kier molecular flexibility index (Phi) is 6.43. The highest BCUT2D eigenvalue weighted by Crippen LogP contribution is 2.41. The van der Waals surface area contributed by atoms with Crippen molar-refractivity contribution < 1.29 is 9.53 Å². The third kappa shape index (κ3) is 5.04. The Morgan fingerprint density at radius 1 is 0.857 bits per heavy atom. The van der Waals surface area contributed by atoms with Crippen LogP contribution in [0.1, 0.15) is 88.6 Å². The average molecular weight is 381 g/mol. The molecule has 0 bridgehead atoms. The molecule has 0 aliphatic rings. The molecule has 152 valence electrons. The summed E-state index contributed by atoms with van der Waals surface area (Å²) in [6.45, 7) is 19.2. The zero-order valence-electron chi connectivity index (χ0n) is 19.1. The Labute approximate surface area is 171 Å². The van der Waals surface area contributed by atoms with Gasteiger partial charge in [-0.2, -0.15) is 0 Å². The van der Waals surface area contributed by atoms with Crippen molar-refractivity contribution >= 4 is 5.97 Å². The van der Waals surface area contributed by atoms with Crippen molar-refractivity contribution in [1.29, 1.82) is 0 Å². The van der Waals surface area contributed by atoms with Crippen molar-refractivity contribution in [3.63, 3.8) is 0 Å². The number of hydrogen-bond acceptors (Lipinski definition) is 2. The lowest BCUT2D eigenvalue weighted by Gasteiger charge is -2.30. The summed E-state index contributed by atoms with van der Waals surface area (Å²) in [5, 5.41) is 0. The number of rotatable bonds is 4. The van der Waals surface area contributed by atoms with Gasteiger partial charge in [0.05, 0.1) is 5.92 Å². The van der Waals surface area contributed by atoms with E-state index in [0.717, 1.165) is 22.4 Å². The lowest BCUT2D eigenvalue weighted by molar-refractivity contribution is -0.136. The molecule has 2 nitrogen and oxygen atoms in total. The van der Waals surface area contributed by atoms with Crippen LogP contribution >= 0.6 is 0 Å². The van der Waals surface area contributed by atoms with Crippen molar-refractivity contribution in [2.75, 3.05) is 0 Å². The van der Waals surface area contributed by atoms with E-state index in [1.807, 2.05) is 19.1 Å². The molecule has 0 heterocycles. The van der Waals surface area contributed by atoms with Gasteiger partial charge in [0.15, 0.2) is 0 Å². The van der Waals surface area contributed by atoms with E-state index in [2.05, 4.69) is 79.7 Å². The van der Waals surface area contributed by atoms with E-state index in [1.54, 1.807) is 0 Å². The second-order valence-corrected chi connectivity index (χ2v) is 9.98. The molecule has 2 heteroatoms. The van der Waals surface area contributed by atoms with Crippen molar-refractivity contribution in [2.45, 2.75) is 85.5 Å². The molecular weight excluding hydrogens is 344 g/mol. The summed E-state index contributed by atoms with van der Waals surface area (Å²) in [6, 6.07) is 12.5. The van der Waals surface area contributed by atoms with Crippen LogP contribution in [-0.2, 0) is 15.6 Å². The summed E-state index contributed by atoms with van der Waals surface area (Å²) in [5.74, 6) is 0.301. The van der Waals surface area contributed by atoms with Crippen LogP contribution in [0, 0.1) is 13.8 Å². The highest BCUT2D eigenvalue weighted by Gasteiger charge is 2.30. The predicted octanol–water partition coefficient (Wildman–Crippen LogP) is 7.00. The Morgan fingerprint density at radius 2 is 1.32 bits per heavy atom. The molecule has 0 aromatic heterocycles. The molecule has 2 aromatic carbocycles. The smallest absolute Gasteiger partial charge is 0.318 e. The van der Waals surface area contributed by atoms with Crippen LogP contribution in [0.5, 0.6) is 5.75 Å². The molecule has 0 amide bonds. The normalized spacial score (nSPS) is 13.3. The minimum absolute atomic E-state index is 0.118. The fraction of sp³-hybridized carbons (Fsp3) is 0.500. The average Bonchev–Trinajstić information content (AvgIpc) is 2.56. The van der Waals surface area contributed by atoms with E-state index in [1.165, 1.54) is 11.1 Å². The number of benzene rings is 2. The van der Waals surface area contributed by atoms with Gasteiger partial charge in [0.25, 0.3) is 0 Å². The number of esters is 1. The van der Waals surface area contributed by atoms with Gasteiger partial charge in [-0.05, 0) is 36.7 Å². The molecule has 1 atom stereocenters. The first kappa shape index (κ1) is 22.2. The van der Waals surface area contributed by atoms with E-state index >= 15 is 0 Å². The molecule has 0 aliphatic heterocycles. The van der Waals surface area contributed by atoms with Gasteiger partial charge in [0, 0.05) is 11.1 Å². The van der Waals surface area contributed by atoms with Gasteiger partial charge in [-0.25, -0.2) is 0 Å². The second kappa shape index (κ2) is 8.11. The Morgan fingerprint density at radius 3 is 1.71 bits per heavy atom. The summed E-state index contributed by atoms with van der Waals surface area (Å²) < 4.78 is 6.18. The van der Waals surface area contributed by atoms with E-state index in [4.69, 9.17) is 4.74 Å². The number of aryl methyl sites for hydroxylation is 2. The minimum Gasteiger partial charge on any atom is -0.425 e. The highest BCUT2D eigenvalue weighted by atomic mass is 16.5. The molecule has 0 unspecified atom stereocenters. The van der Waals surface area contributed by atoms with Crippen LogP contribution < -0.4 is 4.74 Å². The number of ether oxygens (including phenoxy) is 1. The van der Waals surface area contributed by atoms with E-state index in [9.17, 15) is 4.79 Å². The van der Waals surface area contributed by atoms with Crippen LogP contribution in [-0.4, -0.2) is 5.97 Å². The van der Waals surface area contributed by atoms with Gasteiger partial charge in [-0.1, -0.05) is 96.0 Å². The summed E-state index contributed by atoms with van der Waals surface area (Å²) in [4.78, 5) is 13.3. The largest absolute Gasteiger partial charge is 0.425 e. The molecule has 2 rings (SSSR count). The first-order valence-electron chi connectivity index (χ1n) is 10.3. The molecule has 2 aromatic rings. The summed E-state index contributed by atoms with van der Waals surface area (Å²) in [5.41, 5.74) is 5.34. The molecule has 0 radical (unpaired) electrons. The molecule has 28 heavy (non-hydrogen) atoms. The number of carbonyl (C=O) groups excluding carboxylic acids is 1. The van der Waals surface area contributed by atoms with Gasteiger partial charge in [-0.3, -0.25) is 4.79 Å². The molecule has 0 saturated heterocycles. The zero-order valence-corrected chi connectivity index (χ0v) is 19.1. The minimum atomic E-state index is -0.262. The molecule has 0 spiro atoms. The maximum absolute atomic E-state index is 13.3. The van der Waals surface area contributed by atoms with Gasteiger partial charge >= 0.3 is 5.97 Å². The van der Waals surface area contributed by atoms with Crippen LogP contribution in [0.4, 0.5) is 0 Å². The highest BCUT2D eigenvalue weighted by molar-refractivity contribution is 5.81. The third-order valence-electron chi connectivity index (χ3n) is 5.22. The molecule has 0 N–H and O–H groups in total. The van der Waals surface area contributed by atoms with Gasteiger partial charge in [0.1, 0.15) is 5.75 Å². The maximum Gasteiger partial charge on any atom is 0.318 e. The van der Waals surface area contributed by atoms with Crippen LogP contribution in [0.3, 0.4) is 0 Å². The van der Waals surface area contributed by atoms with Crippen LogP contribution in [0.2, 0.25) is 0 Å². The molecule has 0 saturated carbocycles. The van der Waals surface area contributed by atoms with Gasteiger partial charge in [0.2, 0.25) is 0 Å². The van der Waals surface area contributed by atoms with E-state index in [0.29, 0.717) is 6.42 Å². The Bertz CT molecular complexity index is 795. The lowest BCUT2D eigenvalue weighted by atomic mass is 9.78. The number of carbonyl (C=O) groups is 1. The van der Waals surface area contributed by atoms with E-state index in [-0.39, 0.29) is 22.7 Å². The SMILES string of the molecule is CC[C@H](C(=O)Oc1c(C(C)(C)C)cc(C)cc1C(C)(C)C)c1ccc(C)cc1. The first-order chi connectivity index (χ1) is 12.8. The third-order valence-corrected chi connectivity index (χ3v) is 5.22. The maximum atomic E-state index is 13.3. The van der Waals surface area contributed by atoms with Gasteiger partial charge < -0.3 is 4.74 Å². The van der Waals surface area contributed by atoms with Crippen molar-refractivity contribution in [3.8, 4) is 5.75 Å². The molecular formula is C26H36O2. The van der Waals surface area contributed by atoms with Crippen LogP contribution in [0.25, 0.3) is 0 Å². The Balaban J connectivity index is 2.54. The van der Waals surface area contributed by atoms with Crippen molar-refractivity contribution in [2.24, 2.45) is 0 Å². The second-order valence-electron chi connectivity index (χ2n) is 9.98. The van der Waals surface area contributed by atoms with Crippen molar-refractivity contribution in [3.05, 3.63) is 64.2 Å². The quantitative estimate of drug-likeness (QED) is 0.422. The summed E-state index contributed by atoms with van der Waals surface area (Å²) in [7, 11) is 0. The number of hydrogen-bond donors (Lipinski definition) is 0. The summed E-state index contributed by atoms with van der Waals surface area (Å²) >= 11 is 0. The fourth-order valence-electron chi connectivity index (χ4n) is 3.51. The topological polar surface area (TPSA) is 26.3 Å².